The summed E-state index contributed by atoms with van der Waals surface area (Å²) in [5.74, 6) is -0.527. The summed E-state index contributed by atoms with van der Waals surface area (Å²) in [6.45, 7) is 1.56. The van der Waals surface area contributed by atoms with Crippen LogP contribution in [0.2, 0.25) is 0 Å². The van der Waals surface area contributed by atoms with Crippen LogP contribution in [0.5, 0.6) is 0 Å². The van der Waals surface area contributed by atoms with Gasteiger partial charge in [0, 0.05) is 11.5 Å². The summed E-state index contributed by atoms with van der Waals surface area (Å²) in [5.41, 5.74) is 0.0401. The van der Waals surface area contributed by atoms with Gasteiger partial charge in [-0.15, -0.1) is 28.6 Å². The average molecular weight is 374 g/mol. The van der Waals surface area contributed by atoms with Gasteiger partial charge in [0.25, 0.3) is 0 Å². The number of carbonyl (C=O) groups is 2. The lowest BCUT2D eigenvalue weighted by Gasteiger charge is -2.43. The van der Waals surface area contributed by atoms with Crippen LogP contribution >= 0.6 is 35.3 Å². The molecule has 0 aliphatic carbocycles. The molecule has 1 saturated heterocycles. The molecule has 8 nitrogen and oxygen atoms in total. The topological polar surface area (TPSA) is 119 Å². The molecule has 0 radical (unpaired) electrons. The summed E-state index contributed by atoms with van der Waals surface area (Å²) in [5, 5.41) is 29.7. The number of H-pyrrole nitrogens is 1. The zero-order chi connectivity index (χ0) is 16.6. The molecule has 3 rings (SSSR count). The maximum atomic E-state index is 12.1. The minimum absolute atomic E-state index is 0.0401. The number of amides is 1. The highest BCUT2D eigenvalue weighted by Crippen LogP contribution is 2.53. The zero-order valence-electron chi connectivity index (χ0n) is 12.0. The van der Waals surface area contributed by atoms with Crippen LogP contribution in [0, 0.1) is 5.92 Å². The Hall–Kier alpha value is -1.17. The van der Waals surface area contributed by atoms with Crippen LogP contribution < -0.4 is 0 Å². The first-order chi connectivity index (χ1) is 11.0. The molecule has 124 valence electrons. The monoisotopic (exact) mass is 374 g/mol. The number of hydrogen-bond donors (Lipinski definition) is 3. The summed E-state index contributed by atoms with van der Waals surface area (Å²) in [6, 6.07) is 0. The van der Waals surface area contributed by atoms with E-state index in [1.165, 1.54) is 40.2 Å². The Bertz CT molecular complexity index is 649. The zero-order valence-corrected chi connectivity index (χ0v) is 14.5. The van der Waals surface area contributed by atoms with E-state index in [4.69, 9.17) is 0 Å². The number of carboxylic acid groups (broad SMARTS) is 1. The van der Waals surface area contributed by atoms with Crippen LogP contribution in [0.25, 0.3) is 0 Å². The minimum Gasteiger partial charge on any atom is -0.477 e. The smallest absolute Gasteiger partial charge is 0.354 e. The van der Waals surface area contributed by atoms with Crippen LogP contribution in [0.1, 0.15) is 6.92 Å². The quantitative estimate of drug-likeness (QED) is 0.361. The predicted octanol–water partition coefficient (Wildman–Crippen LogP) is 0.796. The van der Waals surface area contributed by atoms with Crippen molar-refractivity contribution in [2.24, 2.45) is 5.92 Å². The van der Waals surface area contributed by atoms with Crippen LogP contribution in [0.3, 0.4) is 0 Å². The fourth-order valence-electron chi connectivity index (χ4n) is 2.39. The highest BCUT2D eigenvalue weighted by molar-refractivity contribution is 8.23. The molecule has 3 heterocycles. The molecule has 11 heteroatoms. The standard InChI is InChI=1S/C12H14N4O4S3/c1-5(17)7-9(18)16-8(11(19)20)12(23-10(7)16)22-3-2-21-6-4-13-15-14-6/h4-5,7,10,17H,2-3H2,1H3,(H,19,20)(H,13,14,15)/t5?,7-,10+/m0/s1. The number of nitrogens with zero attached hydrogens (tertiary/aromatic N) is 3. The Kier molecular flexibility index (Phi) is 4.90. The number of hydrogen-bond acceptors (Lipinski definition) is 8. The van der Waals surface area contributed by atoms with Crippen molar-refractivity contribution in [3.63, 3.8) is 0 Å². The van der Waals surface area contributed by atoms with E-state index in [1.54, 1.807) is 13.1 Å². The van der Waals surface area contributed by atoms with E-state index in [2.05, 4.69) is 15.4 Å². The Labute approximate surface area is 144 Å². The van der Waals surface area contributed by atoms with Crippen LogP contribution in [-0.4, -0.2) is 65.4 Å². The number of aromatic amines is 1. The second kappa shape index (κ2) is 6.75. The van der Waals surface area contributed by atoms with Crippen molar-refractivity contribution in [2.45, 2.75) is 23.4 Å². The minimum atomic E-state index is -1.11. The average Bonchev–Trinajstić information content (AvgIpc) is 3.09. The third-order valence-corrected chi connectivity index (χ3v) is 7.25. The predicted molar refractivity (Wildman–Crippen MR) is 87.6 cm³/mol. The second-order valence-corrected chi connectivity index (χ2v) is 8.54. The number of nitrogens with one attached hydrogen (secondary N) is 1. The number of carboxylic acids is 1. The molecule has 1 amide bonds. The number of thioether (sulfide) groups is 3. The molecule has 23 heavy (non-hydrogen) atoms. The lowest BCUT2D eigenvalue weighted by Crippen LogP contribution is -2.60. The van der Waals surface area contributed by atoms with Crippen molar-refractivity contribution in [3.8, 4) is 0 Å². The maximum Gasteiger partial charge on any atom is 0.354 e. The van der Waals surface area contributed by atoms with Gasteiger partial charge in [-0.2, -0.15) is 10.3 Å². The Morgan fingerprint density at radius 1 is 1.52 bits per heavy atom. The normalized spacial score (nSPS) is 24.6. The van der Waals surface area contributed by atoms with E-state index in [1.807, 2.05) is 0 Å². The molecule has 1 unspecified atom stereocenters. The van der Waals surface area contributed by atoms with E-state index in [9.17, 15) is 19.8 Å². The second-order valence-electron chi connectivity index (χ2n) is 4.93. The van der Waals surface area contributed by atoms with Crippen molar-refractivity contribution >= 4 is 47.2 Å². The highest BCUT2D eigenvalue weighted by Gasteiger charge is 2.57. The molecule has 3 N–H and O–H groups in total. The lowest BCUT2D eigenvalue weighted by atomic mass is 9.92. The van der Waals surface area contributed by atoms with Crippen LogP contribution in [0.15, 0.2) is 21.2 Å². The third kappa shape index (κ3) is 3.10. The van der Waals surface area contributed by atoms with Crippen LogP contribution in [-0.2, 0) is 9.59 Å². The largest absolute Gasteiger partial charge is 0.477 e. The summed E-state index contributed by atoms with van der Waals surface area (Å²) < 4.78 is 0.625. The Balaban J connectivity index is 1.61. The van der Waals surface area contributed by atoms with E-state index in [-0.39, 0.29) is 17.0 Å². The number of β-lactam (4-membered cyclic amide) rings is 1. The van der Waals surface area contributed by atoms with Gasteiger partial charge in [-0.3, -0.25) is 9.69 Å². The number of carbonyl (C=O) groups excluding carboxylic acids is 1. The van der Waals surface area contributed by atoms with Gasteiger partial charge in [0.2, 0.25) is 5.91 Å². The van der Waals surface area contributed by atoms with Gasteiger partial charge >= 0.3 is 5.97 Å². The maximum absolute atomic E-state index is 12.1. The van der Waals surface area contributed by atoms with Gasteiger partial charge < -0.3 is 10.2 Å². The summed E-state index contributed by atoms with van der Waals surface area (Å²) in [6.07, 6.45) is 0.845. The van der Waals surface area contributed by atoms with Gasteiger partial charge in [-0.25, -0.2) is 4.79 Å². The van der Waals surface area contributed by atoms with Gasteiger partial charge in [-0.05, 0) is 6.92 Å². The Morgan fingerprint density at radius 2 is 2.26 bits per heavy atom. The Morgan fingerprint density at radius 3 is 2.87 bits per heavy atom. The molecule has 2 aliphatic heterocycles. The fourth-order valence-corrected chi connectivity index (χ4v) is 6.15. The lowest BCUT2D eigenvalue weighted by molar-refractivity contribution is -0.156. The molecule has 2 aliphatic rings. The summed E-state index contributed by atoms with van der Waals surface area (Å²) >= 11 is 4.28. The molecule has 0 spiro atoms. The molecular weight excluding hydrogens is 360 g/mol. The van der Waals surface area contributed by atoms with Crippen molar-refractivity contribution in [1.29, 1.82) is 0 Å². The van der Waals surface area contributed by atoms with Crippen molar-refractivity contribution in [3.05, 3.63) is 16.1 Å². The highest BCUT2D eigenvalue weighted by atomic mass is 32.2. The summed E-state index contributed by atoms with van der Waals surface area (Å²) in [7, 11) is 0. The van der Waals surface area contributed by atoms with E-state index in [0.29, 0.717) is 9.99 Å². The number of aliphatic hydroxyl groups excluding tert-OH is 1. The van der Waals surface area contributed by atoms with Crippen molar-refractivity contribution in [1.82, 2.24) is 20.3 Å². The first-order valence-electron chi connectivity index (χ1n) is 6.77. The molecule has 3 atom stereocenters. The molecular formula is C12H14N4O4S3. The number of aliphatic carboxylic acids is 1. The third-order valence-electron chi connectivity index (χ3n) is 3.43. The SMILES string of the molecule is CC(O)[C@H]1C(=O)N2C(C(=O)O)=C(SCCSc3cn[nH]n3)S[C@H]12. The number of rotatable bonds is 7. The van der Waals surface area contributed by atoms with E-state index in [0.717, 1.165) is 10.8 Å². The molecule has 0 aromatic carbocycles. The molecule has 0 bridgehead atoms. The van der Waals surface area contributed by atoms with E-state index >= 15 is 0 Å². The summed E-state index contributed by atoms with van der Waals surface area (Å²) in [4.78, 5) is 24.8. The molecule has 1 aromatic heterocycles. The van der Waals surface area contributed by atoms with Gasteiger partial charge in [0.15, 0.2) is 5.70 Å². The number of fused-ring (bicyclic) bond motifs is 1. The number of aliphatic hydroxyl groups is 1. The van der Waals surface area contributed by atoms with Crippen molar-refractivity contribution < 1.29 is 19.8 Å². The first kappa shape index (κ1) is 16.7. The number of aromatic nitrogens is 3. The van der Waals surface area contributed by atoms with Gasteiger partial charge in [0.1, 0.15) is 10.4 Å². The first-order valence-corrected chi connectivity index (χ1v) is 9.62. The molecule has 1 fully saturated rings. The van der Waals surface area contributed by atoms with Crippen LogP contribution in [0.4, 0.5) is 0 Å². The molecule has 0 saturated carbocycles. The van der Waals surface area contributed by atoms with Gasteiger partial charge in [0.05, 0.1) is 22.5 Å². The van der Waals surface area contributed by atoms with Crippen molar-refractivity contribution in [2.75, 3.05) is 11.5 Å². The van der Waals surface area contributed by atoms with E-state index < -0.39 is 18.0 Å². The van der Waals surface area contributed by atoms with Gasteiger partial charge in [-0.1, -0.05) is 11.8 Å². The molecule has 1 aromatic rings. The fraction of sp³-hybridized carbons (Fsp3) is 0.500.